The number of aliphatic hydroxyl groups excluding tert-OH is 2. The predicted octanol–water partition coefficient (Wildman–Crippen LogP) is 14.4. The highest BCUT2D eigenvalue weighted by Gasteiger charge is 2.20. The smallest absolute Gasteiger partial charge is 0.305 e. The summed E-state index contributed by atoms with van der Waals surface area (Å²) in [5.74, 6) is -0.0507. The summed E-state index contributed by atoms with van der Waals surface area (Å²) in [6.45, 7) is 4.92. The van der Waals surface area contributed by atoms with Crippen LogP contribution < -0.4 is 5.32 Å². The van der Waals surface area contributed by atoms with Gasteiger partial charge in [-0.2, -0.15) is 0 Å². The lowest BCUT2D eigenvalue weighted by atomic mass is 10.0. The van der Waals surface area contributed by atoms with Crippen LogP contribution >= 0.6 is 0 Å². The number of esters is 1. The number of nitrogens with one attached hydrogen (secondary N) is 1. The van der Waals surface area contributed by atoms with Crippen LogP contribution in [-0.2, 0) is 14.3 Å². The molecule has 0 aromatic heterocycles. The average molecular weight is 780 g/mol. The molecule has 0 bridgehead atoms. The number of rotatable bonds is 46. The first kappa shape index (κ1) is 53.9. The van der Waals surface area contributed by atoms with Crippen LogP contribution in [0, 0.1) is 0 Å². The molecule has 0 rings (SSSR count). The molecule has 0 saturated carbocycles. The summed E-state index contributed by atoms with van der Waals surface area (Å²) < 4.78 is 5.46. The van der Waals surface area contributed by atoms with Crippen molar-refractivity contribution in [1.29, 1.82) is 0 Å². The van der Waals surface area contributed by atoms with E-state index in [1.54, 1.807) is 0 Å². The lowest BCUT2D eigenvalue weighted by molar-refractivity contribution is -0.143. The molecule has 0 heterocycles. The lowest BCUT2D eigenvalue weighted by Crippen LogP contribution is -2.45. The summed E-state index contributed by atoms with van der Waals surface area (Å²) in [5, 5.41) is 23.1. The largest absolute Gasteiger partial charge is 0.466 e. The van der Waals surface area contributed by atoms with Gasteiger partial charge in [0.1, 0.15) is 0 Å². The molecule has 6 nitrogen and oxygen atoms in total. The Morgan fingerprint density at radius 3 is 1.11 bits per heavy atom. The zero-order valence-electron chi connectivity index (χ0n) is 37.2. The Labute approximate surface area is 343 Å². The van der Waals surface area contributed by atoms with E-state index >= 15 is 0 Å². The first-order valence-electron chi connectivity index (χ1n) is 24.8. The molecule has 0 aromatic rings. The van der Waals surface area contributed by atoms with Gasteiger partial charge in [0.25, 0.3) is 0 Å². The van der Waals surface area contributed by atoms with E-state index < -0.39 is 12.1 Å². The molecule has 0 fully saturated rings. The summed E-state index contributed by atoms with van der Waals surface area (Å²) in [6, 6.07) is -0.547. The van der Waals surface area contributed by atoms with Crippen LogP contribution in [0.2, 0.25) is 0 Å². The minimum Gasteiger partial charge on any atom is -0.466 e. The van der Waals surface area contributed by atoms with Crippen molar-refractivity contribution >= 4 is 11.9 Å². The summed E-state index contributed by atoms with van der Waals surface area (Å²) in [4.78, 5) is 24.4. The number of hydrogen-bond acceptors (Lipinski definition) is 5. The van der Waals surface area contributed by atoms with Gasteiger partial charge in [0, 0.05) is 12.8 Å². The first-order valence-corrected chi connectivity index (χ1v) is 24.8. The Hall–Kier alpha value is -1.14. The molecule has 55 heavy (non-hydrogen) atoms. The van der Waals surface area contributed by atoms with Gasteiger partial charge < -0.3 is 20.3 Å². The highest BCUT2D eigenvalue weighted by Crippen LogP contribution is 2.17. The van der Waals surface area contributed by atoms with E-state index in [1.165, 1.54) is 193 Å². The van der Waals surface area contributed by atoms with Gasteiger partial charge in [-0.25, -0.2) is 0 Å². The Kier molecular flexibility index (Phi) is 44.6. The second-order valence-electron chi connectivity index (χ2n) is 17.2. The van der Waals surface area contributed by atoms with Gasteiger partial charge in [-0.3, -0.25) is 9.59 Å². The Bertz CT molecular complexity index is 776. The summed E-state index contributed by atoms with van der Waals surface area (Å²) in [6.07, 6.45) is 49.2. The summed E-state index contributed by atoms with van der Waals surface area (Å²) >= 11 is 0. The first-order chi connectivity index (χ1) is 27.0. The van der Waals surface area contributed by atoms with E-state index in [0.29, 0.717) is 25.9 Å². The topological polar surface area (TPSA) is 95.9 Å². The molecule has 0 aliphatic rings. The second kappa shape index (κ2) is 45.6. The van der Waals surface area contributed by atoms with E-state index in [4.69, 9.17) is 4.74 Å². The van der Waals surface area contributed by atoms with E-state index in [9.17, 15) is 19.8 Å². The van der Waals surface area contributed by atoms with Gasteiger partial charge in [0.15, 0.2) is 0 Å². The van der Waals surface area contributed by atoms with Crippen LogP contribution in [0.4, 0.5) is 0 Å². The zero-order valence-corrected chi connectivity index (χ0v) is 37.2. The molecule has 0 aromatic carbocycles. The maximum absolute atomic E-state index is 12.4. The van der Waals surface area contributed by atoms with Crippen molar-refractivity contribution in [3.8, 4) is 0 Å². The number of aliphatic hydroxyl groups is 2. The van der Waals surface area contributed by atoms with Gasteiger partial charge in [0.2, 0.25) is 5.91 Å². The van der Waals surface area contributed by atoms with Gasteiger partial charge >= 0.3 is 5.97 Å². The highest BCUT2D eigenvalue weighted by atomic mass is 16.5. The molecule has 0 radical (unpaired) electrons. The average Bonchev–Trinajstić information content (AvgIpc) is 3.18. The van der Waals surface area contributed by atoms with Gasteiger partial charge in [-0.15, -0.1) is 0 Å². The van der Waals surface area contributed by atoms with Crippen LogP contribution in [0.5, 0.6) is 0 Å². The summed E-state index contributed by atoms with van der Waals surface area (Å²) in [5.41, 5.74) is 0. The van der Waals surface area contributed by atoms with Crippen LogP contribution in [0.15, 0.2) is 0 Å². The van der Waals surface area contributed by atoms with E-state index in [2.05, 4.69) is 19.2 Å². The third kappa shape index (κ3) is 42.3. The maximum atomic E-state index is 12.4. The lowest BCUT2D eigenvalue weighted by Gasteiger charge is -2.22. The number of ether oxygens (including phenoxy) is 1. The fourth-order valence-corrected chi connectivity index (χ4v) is 7.82. The molecule has 328 valence electrons. The number of carbonyl (C=O) groups excluding carboxylic acids is 2. The van der Waals surface area contributed by atoms with Crippen molar-refractivity contribution in [2.45, 2.75) is 289 Å². The van der Waals surface area contributed by atoms with Crippen molar-refractivity contribution in [3.05, 3.63) is 0 Å². The fraction of sp³-hybridized carbons (Fsp3) is 0.959. The molecular formula is C49H97NO5. The molecule has 0 spiro atoms. The van der Waals surface area contributed by atoms with Crippen molar-refractivity contribution < 1.29 is 24.5 Å². The maximum Gasteiger partial charge on any atom is 0.305 e. The fourth-order valence-electron chi connectivity index (χ4n) is 7.82. The molecule has 2 unspecified atom stereocenters. The summed E-state index contributed by atoms with van der Waals surface area (Å²) in [7, 11) is 0. The molecule has 1 amide bonds. The van der Waals surface area contributed by atoms with Crippen molar-refractivity contribution in [1.82, 2.24) is 5.32 Å². The van der Waals surface area contributed by atoms with E-state index in [-0.39, 0.29) is 18.5 Å². The van der Waals surface area contributed by atoms with Crippen molar-refractivity contribution in [2.24, 2.45) is 0 Å². The SMILES string of the molecule is CCCCCCCCCCCCCCCCC(=O)OCCCCCCCCCCCCCCCC(=O)NC(CO)C(O)CCCCCCCCCCCCC. The number of amides is 1. The highest BCUT2D eigenvalue weighted by molar-refractivity contribution is 5.76. The molecule has 6 heteroatoms. The van der Waals surface area contributed by atoms with Crippen LogP contribution in [0.25, 0.3) is 0 Å². The van der Waals surface area contributed by atoms with Gasteiger partial charge in [0.05, 0.1) is 25.4 Å². The molecule has 0 aliphatic heterocycles. The Morgan fingerprint density at radius 2 is 0.745 bits per heavy atom. The predicted molar refractivity (Wildman–Crippen MR) is 237 cm³/mol. The van der Waals surface area contributed by atoms with Crippen molar-refractivity contribution in [3.63, 3.8) is 0 Å². The standard InChI is InChI=1S/C49H97NO5/c1-3-5-7-9-11-13-15-16-19-23-27-31-35-39-43-49(54)55-44-40-36-32-28-24-20-17-18-22-26-30-34-38-42-48(53)50-46(45-51)47(52)41-37-33-29-25-21-14-12-10-8-6-4-2/h46-47,51-52H,3-45H2,1-2H3,(H,50,53). The zero-order chi connectivity index (χ0) is 40.1. The Morgan fingerprint density at radius 1 is 0.436 bits per heavy atom. The normalized spacial score (nSPS) is 12.6. The molecular weight excluding hydrogens is 683 g/mol. The molecule has 0 aliphatic carbocycles. The minimum absolute atomic E-state index is 0.00300. The van der Waals surface area contributed by atoms with E-state index in [1.807, 2.05) is 0 Å². The third-order valence-electron chi connectivity index (χ3n) is 11.7. The molecule has 3 N–H and O–H groups in total. The van der Waals surface area contributed by atoms with E-state index in [0.717, 1.165) is 51.4 Å². The number of carbonyl (C=O) groups is 2. The van der Waals surface area contributed by atoms with Crippen LogP contribution in [0.1, 0.15) is 277 Å². The van der Waals surface area contributed by atoms with Crippen LogP contribution in [0.3, 0.4) is 0 Å². The third-order valence-corrected chi connectivity index (χ3v) is 11.7. The number of unbranched alkanes of at least 4 members (excludes halogenated alkanes) is 35. The van der Waals surface area contributed by atoms with Gasteiger partial charge in [-0.1, -0.05) is 239 Å². The van der Waals surface area contributed by atoms with Gasteiger partial charge in [-0.05, 0) is 25.7 Å². The Balaban J connectivity index is 3.42. The monoisotopic (exact) mass is 780 g/mol. The number of hydrogen-bond donors (Lipinski definition) is 3. The van der Waals surface area contributed by atoms with Crippen LogP contribution in [-0.4, -0.2) is 47.4 Å². The second-order valence-corrected chi connectivity index (χ2v) is 17.2. The molecule has 0 saturated heterocycles. The molecule has 2 atom stereocenters. The minimum atomic E-state index is -0.669. The van der Waals surface area contributed by atoms with Crippen molar-refractivity contribution in [2.75, 3.05) is 13.2 Å². The quantitative estimate of drug-likeness (QED) is 0.0422.